The summed E-state index contributed by atoms with van der Waals surface area (Å²) in [4.78, 5) is 2.35. The molecule has 0 unspecified atom stereocenters. The number of fused-ring (bicyclic) bond motifs is 7. The molecule has 12 rings (SSSR count). The fourth-order valence-corrected chi connectivity index (χ4v) is 9.25. The molecule has 0 saturated carbocycles. The summed E-state index contributed by atoms with van der Waals surface area (Å²) in [7, 11) is 0. The molecule has 0 bridgehead atoms. The summed E-state index contributed by atoms with van der Waals surface area (Å²) < 4.78 is 8.63. The predicted octanol–water partition coefficient (Wildman–Crippen LogP) is 16.3. The Bertz CT molecular complexity index is 3520. The van der Waals surface area contributed by atoms with Crippen LogP contribution in [0, 0.1) is 0 Å². The summed E-state index contributed by atoms with van der Waals surface area (Å²) in [5.41, 5.74) is 15.6. The molecular formula is C58H38N2O. The van der Waals surface area contributed by atoms with E-state index in [1.165, 1.54) is 49.3 Å². The second-order valence-corrected chi connectivity index (χ2v) is 15.7. The van der Waals surface area contributed by atoms with Gasteiger partial charge >= 0.3 is 0 Å². The molecule has 286 valence electrons. The van der Waals surface area contributed by atoms with Crippen molar-refractivity contribution in [1.82, 2.24) is 4.57 Å². The lowest BCUT2D eigenvalue weighted by atomic mass is 9.98. The van der Waals surface area contributed by atoms with Crippen LogP contribution < -0.4 is 4.90 Å². The zero-order valence-electron chi connectivity index (χ0n) is 33.2. The Labute approximate surface area is 353 Å². The highest BCUT2D eigenvalue weighted by Gasteiger charge is 2.17. The van der Waals surface area contributed by atoms with E-state index < -0.39 is 0 Å². The maximum Gasteiger partial charge on any atom is 0.136 e. The third-order valence-electron chi connectivity index (χ3n) is 12.2. The maximum absolute atomic E-state index is 6.25. The number of para-hydroxylation sites is 3. The van der Waals surface area contributed by atoms with Gasteiger partial charge < -0.3 is 13.9 Å². The van der Waals surface area contributed by atoms with Crippen molar-refractivity contribution in [2.45, 2.75) is 0 Å². The van der Waals surface area contributed by atoms with Gasteiger partial charge in [0.1, 0.15) is 11.2 Å². The predicted molar refractivity (Wildman–Crippen MR) is 257 cm³/mol. The van der Waals surface area contributed by atoms with Crippen LogP contribution in [-0.2, 0) is 0 Å². The molecule has 3 heteroatoms. The van der Waals surface area contributed by atoms with E-state index in [9.17, 15) is 0 Å². The van der Waals surface area contributed by atoms with Crippen molar-refractivity contribution in [3.8, 4) is 39.1 Å². The minimum Gasteiger partial charge on any atom is -0.456 e. The van der Waals surface area contributed by atoms with Crippen LogP contribution in [0.1, 0.15) is 0 Å². The van der Waals surface area contributed by atoms with Gasteiger partial charge in [0, 0.05) is 44.3 Å². The maximum atomic E-state index is 6.25. The van der Waals surface area contributed by atoms with Gasteiger partial charge in [-0.1, -0.05) is 152 Å². The zero-order chi connectivity index (χ0) is 40.3. The lowest BCUT2D eigenvalue weighted by Gasteiger charge is -2.26. The van der Waals surface area contributed by atoms with E-state index in [1.807, 2.05) is 12.1 Å². The van der Waals surface area contributed by atoms with E-state index >= 15 is 0 Å². The minimum absolute atomic E-state index is 0.900. The number of aromatic nitrogens is 1. The number of furan rings is 1. The Morgan fingerprint density at radius 2 is 0.836 bits per heavy atom. The Balaban J connectivity index is 0.930. The molecule has 0 spiro atoms. The van der Waals surface area contributed by atoms with Crippen molar-refractivity contribution in [3.05, 3.63) is 231 Å². The van der Waals surface area contributed by atoms with Crippen molar-refractivity contribution < 1.29 is 4.42 Å². The summed E-state index contributed by atoms with van der Waals surface area (Å²) >= 11 is 0. The van der Waals surface area contributed by atoms with Crippen LogP contribution in [0.5, 0.6) is 0 Å². The summed E-state index contributed by atoms with van der Waals surface area (Å²) in [6.07, 6.45) is 0. The van der Waals surface area contributed by atoms with Crippen molar-refractivity contribution in [2.24, 2.45) is 0 Å². The molecule has 0 aliphatic heterocycles. The summed E-state index contributed by atoms with van der Waals surface area (Å²) in [5.74, 6) is 0. The van der Waals surface area contributed by atoms with Crippen LogP contribution in [0.15, 0.2) is 235 Å². The van der Waals surface area contributed by atoms with E-state index in [2.05, 4.69) is 228 Å². The quantitative estimate of drug-likeness (QED) is 0.161. The van der Waals surface area contributed by atoms with Gasteiger partial charge in [0.15, 0.2) is 0 Å². The molecule has 0 N–H and O–H groups in total. The lowest BCUT2D eigenvalue weighted by molar-refractivity contribution is 0.669. The van der Waals surface area contributed by atoms with Crippen LogP contribution in [-0.4, -0.2) is 4.57 Å². The molecule has 0 saturated heterocycles. The van der Waals surface area contributed by atoms with Gasteiger partial charge in [-0.2, -0.15) is 0 Å². The highest BCUT2D eigenvalue weighted by molar-refractivity contribution is 6.12. The smallest absolute Gasteiger partial charge is 0.136 e. The third-order valence-corrected chi connectivity index (χ3v) is 12.2. The van der Waals surface area contributed by atoms with Gasteiger partial charge in [0.25, 0.3) is 0 Å². The topological polar surface area (TPSA) is 21.3 Å². The van der Waals surface area contributed by atoms with Gasteiger partial charge in [-0.25, -0.2) is 0 Å². The van der Waals surface area contributed by atoms with Crippen molar-refractivity contribution in [2.75, 3.05) is 4.90 Å². The first kappa shape index (κ1) is 34.9. The SMILES string of the molecule is c1cc(-c2ccc(N(c3ccc(-c4ccc5ccccc5c4)cc3)c3ccc(-c4cccc5oc6ccccc6c45)cc3)cc2)cc(-n2c3ccccc3c3ccccc32)c1. The Morgan fingerprint density at radius 1 is 0.328 bits per heavy atom. The first-order chi connectivity index (χ1) is 30.2. The van der Waals surface area contributed by atoms with Crippen molar-refractivity contribution >= 4 is 71.6 Å². The minimum atomic E-state index is 0.900. The van der Waals surface area contributed by atoms with E-state index in [0.29, 0.717) is 0 Å². The number of anilines is 3. The Hall–Kier alpha value is -8.14. The normalized spacial score (nSPS) is 11.6. The fraction of sp³-hybridized carbons (Fsp3) is 0. The Kier molecular flexibility index (Phi) is 8.17. The number of hydrogen-bond acceptors (Lipinski definition) is 2. The third kappa shape index (κ3) is 5.98. The molecular weight excluding hydrogens is 741 g/mol. The largest absolute Gasteiger partial charge is 0.456 e. The summed E-state index contributed by atoms with van der Waals surface area (Å²) in [6.45, 7) is 0. The Morgan fingerprint density at radius 3 is 1.51 bits per heavy atom. The molecule has 0 fully saturated rings. The van der Waals surface area contributed by atoms with Gasteiger partial charge in [-0.3, -0.25) is 0 Å². The van der Waals surface area contributed by atoms with Crippen LogP contribution in [0.3, 0.4) is 0 Å². The number of hydrogen-bond donors (Lipinski definition) is 0. The molecule has 10 aromatic carbocycles. The molecule has 0 atom stereocenters. The molecule has 0 aliphatic rings. The molecule has 0 amide bonds. The van der Waals surface area contributed by atoms with E-state index in [1.54, 1.807) is 0 Å². The molecule has 0 aliphatic carbocycles. The second kappa shape index (κ2) is 14.3. The fourth-order valence-electron chi connectivity index (χ4n) is 9.25. The first-order valence-corrected chi connectivity index (χ1v) is 20.8. The van der Waals surface area contributed by atoms with Crippen molar-refractivity contribution in [3.63, 3.8) is 0 Å². The summed E-state index contributed by atoms with van der Waals surface area (Å²) in [6, 6.07) is 82.9. The van der Waals surface area contributed by atoms with Crippen LogP contribution >= 0.6 is 0 Å². The average Bonchev–Trinajstić information content (AvgIpc) is 3.88. The second-order valence-electron chi connectivity index (χ2n) is 15.7. The number of rotatable bonds is 7. The van der Waals surface area contributed by atoms with Gasteiger partial charge in [0.2, 0.25) is 0 Å². The molecule has 2 aromatic heterocycles. The highest BCUT2D eigenvalue weighted by atomic mass is 16.3. The molecule has 2 heterocycles. The van der Waals surface area contributed by atoms with Crippen LogP contribution in [0.25, 0.3) is 93.6 Å². The average molecular weight is 779 g/mol. The zero-order valence-corrected chi connectivity index (χ0v) is 33.2. The monoisotopic (exact) mass is 778 g/mol. The van der Waals surface area contributed by atoms with E-state index in [-0.39, 0.29) is 0 Å². The standard InChI is InChI=1S/C58H38N2O/c1-2-12-43-37-45(24-23-39(43)11-1)41-27-33-47(34-28-41)59(48-35-29-42(30-36-48)50-18-10-22-57-58(50)53-17-5-8-21-56(53)61-57)46-31-25-40(26-32-46)44-13-9-14-49(38-44)60-54-19-6-3-15-51(54)52-16-4-7-20-55(52)60/h1-38H. The highest BCUT2D eigenvalue weighted by Crippen LogP contribution is 2.41. The molecule has 61 heavy (non-hydrogen) atoms. The summed E-state index contributed by atoms with van der Waals surface area (Å²) in [5, 5.41) is 7.29. The molecule has 0 radical (unpaired) electrons. The number of benzene rings is 10. The van der Waals surface area contributed by atoms with Crippen LogP contribution in [0.4, 0.5) is 17.1 Å². The van der Waals surface area contributed by atoms with Gasteiger partial charge in [-0.15, -0.1) is 0 Å². The van der Waals surface area contributed by atoms with Gasteiger partial charge in [-0.05, 0) is 123 Å². The van der Waals surface area contributed by atoms with E-state index in [4.69, 9.17) is 4.42 Å². The van der Waals surface area contributed by atoms with Crippen molar-refractivity contribution in [1.29, 1.82) is 0 Å². The number of nitrogens with zero attached hydrogens (tertiary/aromatic N) is 2. The lowest BCUT2D eigenvalue weighted by Crippen LogP contribution is -2.09. The van der Waals surface area contributed by atoms with E-state index in [0.717, 1.165) is 61.4 Å². The first-order valence-electron chi connectivity index (χ1n) is 20.8. The molecule has 3 nitrogen and oxygen atoms in total. The van der Waals surface area contributed by atoms with Crippen LogP contribution in [0.2, 0.25) is 0 Å². The molecule has 12 aromatic rings. The van der Waals surface area contributed by atoms with Gasteiger partial charge in [0.05, 0.1) is 11.0 Å².